The van der Waals surface area contributed by atoms with Crippen molar-refractivity contribution >= 4 is 62.9 Å². The number of anilines is 3. The van der Waals surface area contributed by atoms with E-state index >= 15 is 0 Å². The lowest BCUT2D eigenvalue weighted by Crippen LogP contribution is -2.15. The molecule has 0 unspecified atom stereocenters. The molecule has 0 bridgehead atoms. The van der Waals surface area contributed by atoms with Crippen molar-refractivity contribution in [2.45, 2.75) is 13.3 Å². The molecule has 4 N–H and O–H groups in total. The molecule has 3 aromatic rings. The number of nitrogens with two attached hydrogens (primary N) is 1. The van der Waals surface area contributed by atoms with Gasteiger partial charge in [0.1, 0.15) is 5.76 Å². The largest absolute Gasteiger partial charge is 0.469 e. The Morgan fingerprint density at radius 2 is 1.96 bits per heavy atom. The van der Waals surface area contributed by atoms with Gasteiger partial charge in [-0.1, -0.05) is 23.2 Å². The second-order valence-electron chi connectivity index (χ2n) is 5.57. The zero-order valence-corrected chi connectivity index (χ0v) is 16.3. The van der Waals surface area contributed by atoms with Crippen molar-refractivity contribution in [1.29, 1.82) is 0 Å². The molecule has 0 saturated carbocycles. The van der Waals surface area contributed by atoms with Crippen LogP contribution in [0.1, 0.15) is 21.8 Å². The minimum absolute atomic E-state index is 0.0245. The highest BCUT2D eigenvalue weighted by molar-refractivity contribution is 7.14. The van der Waals surface area contributed by atoms with Crippen LogP contribution in [-0.4, -0.2) is 16.8 Å². The topological polar surface area (TPSA) is 110 Å². The first kappa shape index (κ1) is 19.2. The molecule has 0 aliphatic heterocycles. The summed E-state index contributed by atoms with van der Waals surface area (Å²) in [5.41, 5.74) is 7.30. The number of halogens is 2. The Morgan fingerprint density at radius 1 is 1.26 bits per heavy atom. The Labute approximate surface area is 168 Å². The van der Waals surface area contributed by atoms with Gasteiger partial charge in [-0.15, -0.1) is 11.3 Å². The molecule has 10 heteroatoms. The van der Waals surface area contributed by atoms with Gasteiger partial charge in [-0.25, -0.2) is 4.98 Å². The molecule has 0 aliphatic carbocycles. The van der Waals surface area contributed by atoms with Crippen LogP contribution >= 0.6 is 34.5 Å². The molecule has 27 heavy (non-hydrogen) atoms. The molecule has 0 atom stereocenters. The van der Waals surface area contributed by atoms with E-state index in [1.807, 2.05) is 0 Å². The number of aromatic nitrogens is 1. The number of nitrogens with zero attached hydrogens (tertiary/aromatic N) is 1. The Kier molecular flexibility index (Phi) is 5.69. The van der Waals surface area contributed by atoms with Crippen LogP contribution in [0.3, 0.4) is 0 Å². The highest BCUT2D eigenvalue weighted by Crippen LogP contribution is 2.31. The zero-order chi connectivity index (χ0) is 19.6. The summed E-state index contributed by atoms with van der Waals surface area (Å²) in [7, 11) is 0. The van der Waals surface area contributed by atoms with Crippen LogP contribution in [0.5, 0.6) is 0 Å². The summed E-state index contributed by atoms with van der Waals surface area (Å²) >= 11 is 13.1. The monoisotopic (exact) mass is 424 g/mol. The molecule has 0 radical (unpaired) electrons. The highest BCUT2D eigenvalue weighted by Gasteiger charge is 2.15. The third-order valence-corrected chi connectivity index (χ3v) is 5.01. The number of amides is 2. The number of furan rings is 1. The molecule has 0 fully saturated rings. The summed E-state index contributed by atoms with van der Waals surface area (Å²) in [6.45, 7) is 1.70. The molecule has 0 spiro atoms. The third kappa shape index (κ3) is 4.60. The van der Waals surface area contributed by atoms with Crippen molar-refractivity contribution < 1.29 is 14.0 Å². The number of rotatable bonds is 5. The van der Waals surface area contributed by atoms with Gasteiger partial charge in [0, 0.05) is 11.1 Å². The number of carbonyl (C=O) groups is 2. The fourth-order valence-electron chi connectivity index (χ4n) is 2.26. The van der Waals surface area contributed by atoms with Gasteiger partial charge >= 0.3 is 0 Å². The van der Waals surface area contributed by atoms with Gasteiger partial charge in [-0.2, -0.15) is 0 Å². The average Bonchev–Trinajstić information content (AvgIpc) is 3.21. The normalized spacial score (nSPS) is 10.6. The number of carbonyl (C=O) groups excluding carboxylic acids is 2. The summed E-state index contributed by atoms with van der Waals surface area (Å²) in [4.78, 5) is 28.6. The predicted octanol–water partition coefficient (Wildman–Crippen LogP) is 4.37. The summed E-state index contributed by atoms with van der Waals surface area (Å²) in [6, 6.07) is 4.61. The van der Waals surface area contributed by atoms with E-state index in [0.717, 1.165) is 0 Å². The Morgan fingerprint density at radius 3 is 2.59 bits per heavy atom. The van der Waals surface area contributed by atoms with Crippen molar-refractivity contribution in [3.8, 4) is 0 Å². The van der Waals surface area contributed by atoms with Crippen LogP contribution in [-0.2, 0) is 11.2 Å². The van der Waals surface area contributed by atoms with E-state index in [9.17, 15) is 9.59 Å². The smallest absolute Gasteiger partial charge is 0.260 e. The van der Waals surface area contributed by atoms with Crippen molar-refractivity contribution in [2.75, 3.05) is 16.4 Å². The van der Waals surface area contributed by atoms with Crippen LogP contribution in [0.4, 0.5) is 16.5 Å². The summed E-state index contributed by atoms with van der Waals surface area (Å²) < 4.78 is 5.10. The maximum atomic E-state index is 12.2. The first-order chi connectivity index (χ1) is 12.8. The summed E-state index contributed by atoms with van der Waals surface area (Å²) in [6.07, 6.45) is 1.47. The molecule has 7 nitrogen and oxygen atoms in total. The van der Waals surface area contributed by atoms with Crippen LogP contribution < -0.4 is 16.4 Å². The van der Waals surface area contributed by atoms with E-state index in [1.54, 1.807) is 18.4 Å². The zero-order valence-electron chi connectivity index (χ0n) is 14.0. The quantitative estimate of drug-likeness (QED) is 0.526. The first-order valence-corrected chi connectivity index (χ1v) is 9.31. The van der Waals surface area contributed by atoms with E-state index in [-0.39, 0.29) is 34.0 Å². The lowest BCUT2D eigenvalue weighted by atomic mass is 10.2. The van der Waals surface area contributed by atoms with Gasteiger partial charge in [0.2, 0.25) is 5.91 Å². The molecule has 2 amide bonds. The second kappa shape index (κ2) is 7.99. The van der Waals surface area contributed by atoms with Gasteiger partial charge in [0.15, 0.2) is 5.13 Å². The number of aryl methyl sites for hydroxylation is 1. The lowest BCUT2D eigenvalue weighted by molar-refractivity contribution is -0.115. The minimum atomic E-state index is -0.322. The minimum Gasteiger partial charge on any atom is -0.469 e. The molecular weight excluding hydrogens is 411 g/mol. The predicted molar refractivity (Wildman–Crippen MR) is 107 cm³/mol. The molecule has 2 aromatic heterocycles. The second-order valence-corrected chi connectivity index (χ2v) is 7.24. The average molecular weight is 425 g/mol. The Hall–Kier alpha value is -2.55. The van der Waals surface area contributed by atoms with Gasteiger partial charge in [0.25, 0.3) is 5.91 Å². The molecule has 140 valence electrons. The van der Waals surface area contributed by atoms with Gasteiger partial charge in [-0.3, -0.25) is 14.9 Å². The van der Waals surface area contributed by atoms with Gasteiger partial charge in [0.05, 0.1) is 39.7 Å². The van der Waals surface area contributed by atoms with Crippen LogP contribution in [0.15, 0.2) is 34.3 Å². The van der Waals surface area contributed by atoms with Gasteiger partial charge in [-0.05, 0) is 25.1 Å². The maximum Gasteiger partial charge on any atom is 0.260 e. The standard InChI is InChI=1S/C17H14Cl2N4O3S/c1-8-11(2-3-26-8)16(25)23-17-22-10(7-27-17)6-14(24)21-9-4-12(18)15(20)13(19)5-9/h2-5,7H,6,20H2,1H3,(H,21,24)(H,22,23,25). The SMILES string of the molecule is Cc1occc1C(=O)Nc1nc(CC(=O)Nc2cc(Cl)c(N)c(Cl)c2)cs1. The molecule has 2 heterocycles. The van der Waals surface area contributed by atoms with Crippen LogP contribution in [0.2, 0.25) is 10.0 Å². The molecular formula is C17H14Cl2N4O3S. The van der Waals surface area contributed by atoms with Crippen LogP contribution in [0, 0.1) is 6.92 Å². The highest BCUT2D eigenvalue weighted by atomic mass is 35.5. The number of nitrogen functional groups attached to an aromatic ring is 1. The molecule has 0 aliphatic rings. The number of benzene rings is 1. The van der Waals surface area contributed by atoms with Gasteiger partial charge < -0.3 is 15.5 Å². The van der Waals surface area contributed by atoms with Crippen molar-refractivity contribution in [2.24, 2.45) is 0 Å². The van der Waals surface area contributed by atoms with Crippen LogP contribution in [0.25, 0.3) is 0 Å². The number of thiazole rings is 1. The number of hydrogen-bond donors (Lipinski definition) is 3. The first-order valence-electron chi connectivity index (χ1n) is 7.67. The van der Waals surface area contributed by atoms with Crippen molar-refractivity contribution in [1.82, 2.24) is 4.98 Å². The molecule has 1 aromatic carbocycles. The number of nitrogens with one attached hydrogen (secondary N) is 2. The maximum absolute atomic E-state index is 12.2. The Bertz CT molecular complexity index is 992. The van der Waals surface area contributed by atoms with Crippen molar-refractivity contribution in [3.63, 3.8) is 0 Å². The van der Waals surface area contributed by atoms with E-state index in [1.165, 1.54) is 29.7 Å². The van der Waals surface area contributed by atoms with Crippen molar-refractivity contribution in [3.05, 3.63) is 56.9 Å². The van der Waals surface area contributed by atoms with E-state index in [0.29, 0.717) is 27.8 Å². The summed E-state index contributed by atoms with van der Waals surface area (Å²) in [5, 5.41) is 7.95. The van der Waals surface area contributed by atoms with E-state index < -0.39 is 0 Å². The third-order valence-electron chi connectivity index (χ3n) is 3.58. The van der Waals surface area contributed by atoms with E-state index in [2.05, 4.69) is 15.6 Å². The molecule has 3 rings (SSSR count). The fraction of sp³-hybridized carbons (Fsp3) is 0.118. The summed E-state index contributed by atoms with van der Waals surface area (Å²) in [5.74, 6) is -0.108. The fourth-order valence-corrected chi connectivity index (χ4v) is 3.45. The molecule has 0 saturated heterocycles. The Balaban J connectivity index is 1.61. The lowest BCUT2D eigenvalue weighted by Gasteiger charge is -2.07. The number of hydrogen-bond acceptors (Lipinski definition) is 6. The van der Waals surface area contributed by atoms with E-state index in [4.69, 9.17) is 33.4 Å².